The lowest BCUT2D eigenvalue weighted by atomic mass is 9.83. The summed E-state index contributed by atoms with van der Waals surface area (Å²) >= 11 is 14.7. The maximum Gasteiger partial charge on any atom is 0.242 e. The molecule has 1 aliphatic carbocycles. The first kappa shape index (κ1) is 29.8. The van der Waals surface area contributed by atoms with Gasteiger partial charge in [0.05, 0.1) is 20.5 Å². The van der Waals surface area contributed by atoms with E-state index in [0.29, 0.717) is 11.5 Å². The quantitative estimate of drug-likeness (QED) is 0.244. The molecule has 1 aromatic heterocycles. The number of thiophene rings is 1. The largest absolute Gasteiger partial charge is 0.389 e. The van der Waals surface area contributed by atoms with Crippen molar-refractivity contribution in [2.75, 3.05) is 13.1 Å². The Bertz CT molecular complexity index is 1150. The summed E-state index contributed by atoms with van der Waals surface area (Å²) in [5.41, 5.74) is 1.92. The molecule has 1 fully saturated rings. The summed E-state index contributed by atoms with van der Waals surface area (Å²) in [5, 5.41) is 24.4. The Labute approximate surface area is 229 Å². The van der Waals surface area contributed by atoms with Crippen LogP contribution in [0.15, 0.2) is 17.0 Å². The topological polar surface area (TPSA) is 98.7 Å². The van der Waals surface area contributed by atoms with Crippen molar-refractivity contribution >= 4 is 44.6 Å². The molecule has 10 heteroatoms. The summed E-state index contributed by atoms with van der Waals surface area (Å²) in [5.74, 6) is 0.550. The van der Waals surface area contributed by atoms with Gasteiger partial charge in [0.1, 0.15) is 11.1 Å². The fraction of sp³-hybridized carbons (Fsp3) is 0.615. The summed E-state index contributed by atoms with van der Waals surface area (Å²) < 4.78 is 27.7. The van der Waals surface area contributed by atoms with Gasteiger partial charge in [0.15, 0.2) is 0 Å². The molecular formula is C26H38Cl2N2O4S2. The van der Waals surface area contributed by atoms with Gasteiger partial charge >= 0.3 is 0 Å². The highest BCUT2D eigenvalue weighted by atomic mass is 35.5. The van der Waals surface area contributed by atoms with Crippen molar-refractivity contribution in [1.82, 2.24) is 10.0 Å². The van der Waals surface area contributed by atoms with Gasteiger partial charge < -0.3 is 10.2 Å². The molecule has 0 amide bonds. The highest BCUT2D eigenvalue weighted by Crippen LogP contribution is 2.46. The number of nitrogens with one attached hydrogen (secondary N) is 2. The van der Waals surface area contributed by atoms with Crippen LogP contribution in [0.25, 0.3) is 10.4 Å². The SMILES string of the molecule is CCNS(=O)(=O)c1ccc(-c2sc(C(O)NCC(C)(C)O)c(CC)c2CC2CCCCC2)c(Cl)c1Cl. The molecule has 4 N–H and O–H groups in total. The summed E-state index contributed by atoms with van der Waals surface area (Å²) in [4.78, 5) is 1.66. The number of halogens is 2. The van der Waals surface area contributed by atoms with E-state index in [1.807, 2.05) is 0 Å². The van der Waals surface area contributed by atoms with Crippen LogP contribution >= 0.6 is 34.5 Å². The highest BCUT2D eigenvalue weighted by Gasteiger charge is 2.29. The molecule has 1 aromatic carbocycles. The Hall–Kier alpha value is -0.710. The summed E-state index contributed by atoms with van der Waals surface area (Å²) in [6.07, 6.45) is 6.70. The van der Waals surface area contributed by atoms with Crippen molar-refractivity contribution in [3.05, 3.63) is 38.2 Å². The summed E-state index contributed by atoms with van der Waals surface area (Å²) in [6, 6.07) is 3.22. The second-order valence-corrected chi connectivity index (χ2v) is 13.7. The third-order valence-corrected chi connectivity index (χ3v) is 10.6. The molecular weight excluding hydrogens is 539 g/mol. The van der Waals surface area contributed by atoms with Gasteiger partial charge in [-0.05, 0) is 49.8 Å². The van der Waals surface area contributed by atoms with Crippen molar-refractivity contribution in [2.24, 2.45) is 5.92 Å². The molecule has 202 valence electrons. The zero-order valence-corrected chi connectivity index (χ0v) is 24.6. The molecule has 3 rings (SSSR count). The Balaban J connectivity index is 2.12. The standard InChI is InChI=1S/C26H38Cl2N2O4S2/c1-5-17-19(14-16-10-8-7-9-11-16)23(35-24(17)25(31)29-15-26(3,4)32)18-12-13-20(22(28)21(18)27)36(33,34)30-6-2/h12-13,16,25,29-32H,5-11,14-15H2,1-4H3. The molecule has 2 aromatic rings. The molecule has 0 spiro atoms. The molecule has 1 unspecified atom stereocenters. The fourth-order valence-corrected chi connectivity index (χ4v) is 8.24. The van der Waals surface area contributed by atoms with Crippen molar-refractivity contribution in [2.45, 2.75) is 89.4 Å². The molecule has 0 bridgehead atoms. The Morgan fingerprint density at radius 3 is 2.36 bits per heavy atom. The van der Waals surface area contributed by atoms with E-state index in [2.05, 4.69) is 17.0 Å². The highest BCUT2D eigenvalue weighted by molar-refractivity contribution is 7.89. The molecule has 0 aliphatic heterocycles. The Kier molecular flexibility index (Phi) is 10.3. The number of sulfonamides is 1. The van der Waals surface area contributed by atoms with Crippen LogP contribution < -0.4 is 10.0 Å². The van der Waals surface area contributed by atoms with Crippen LogP contribution in [0.3, 0.4) is 0 Å². The first-order chi connectivity index (χ1) is 16.9. The minimum Gasteiger partial charge on any atom is -0.389 e. The van der Waals surface area contributed by atoms with Gasteiger partial charge in [-0.1, -0.05) is 75.2 Å². The van der Waals surface area contributed by atoms with Crippen LogP contribution in [0.4, 0.5) is 0 Å². The van der Waals surface area contributed by atoms with Crippen LogP contribution in [0.2, 0.25) is 10.0 Å². The number of hydrogen-bond donors (Lipinski definition) is 4. The van der Waals surface area contributed by atoms with E-state index in [0.717, 1.165) is 33.7 Å². The van der Waals surface area contributed by atoms with E-state index in [4.69, 9.17) is 23.2 Å². The molecule has 1 atom stereocenters. The lowest BCUT2D eigenvalue weighted by molar-refractivity contribution is 0.0503. The van der Waals surface area contributed by atoms with Crippen molar-refractivity contribution in [1.29, 1.82) is 0 Å². The first-order valence-electron chi connectivity index (χ1n) is 12.7. The second kappa shape index (κ2) is 12.4. The van der Waals surface area contributed by atoms with Gasteiger partial charge in [0.25, 0.3) is 0 Å². The second-order valence-electron chi connectivity index (χ2n) is 10.2. The van der Waals surface area contributed by atoms with Crippen molar-refractivity contribution in [3.8, 4) is 10.4 Å². The van der Waals surface area contributed by atoms with Crippen LogP contribution in [0.5, 0.6) is 0 Å². The summed E-state index contributed by atoms with van der Waals surface area (Å²) in [6.45, 7) is 7.62. The smallest absolute Gasteiger partial charge is 0.242 e. The zero-order chi connectivity index (χ0) is 26.7. The average molecular weight is 578 g/mol. The third-order valence-electron chi connectivity index (χ3n) is 6.61. The van der Waals surface area contributed by atoms with E-state index in [1.165, 1.54) is 49.5 Å². The predicted octanol–water partition coefficient (Wildman–Crippen LogP) is 6.06. The van der Waals surface area contributed by atoms with E-state index >= 15 is 0 Å². The lowest BCUT2D eigenvalue weighted by Crippen LogP contribution is -2.36. The summed E-state index contributed by atoms with van der Waals surface area (Å²) in [7, 11) is -3.77. The van der Waals surface area contributed by atoms with Crippen molar-refractivity contribution in [3.63, 3.8) is 0 Å². The number of aliphatic hydroxyl groups is 2. The molecule has 1 heterocycles. The minimum absolute atomic E-state index is 0.00700. The molecule has 1 saturated carbocycles. The number of rotatable bonds is 11. The van der Waals surface area contributed by atoms with Gasteiger partial charge in [-0.15, -0.1) is 11.3 Å². The zero-order valence-electron chi connectivity index (χ0n) is 21.5. The van der Waals surface area contributed by atoms with Gasteiger partial charge in [0.2, 0.25) is 10.0 Å². The van der Waals surface area contributed by atoms with E-state index in [-0.39, 0.29) is 28.0 Å². The third kappa shape index (κ3) is 7.03. The Morgan fingerprint density at radius 1 is 1.11 bits per heavy atom. The van der Waals surface area contributed by atoms with Gasteiger partial charge in [0, 0.05) is 23.5 Å². The monoisotopic (exact) mass is 576 g/mol. The average Bonchev–Trinajstić information content (AvgIpc) is 3.17. The van der Waals surface area contributed by atoms with E-state index in [9.17, 15) is 18.6 Å². The lowest BCUT2D eigenvalue weighted by Gasteiger charge is -2.23. The van der Waals surface area contributed by atoms with Gasteiger partial charge in [-0.3, -0.25) is 5.32 Å². The molecule has 0 saturated heterocycles. The fourth-order valence-electron chi connectivity index (χ4n) is 4.86. The van der Waals surface area contributed by atoms with Crippen LogP contribution in [-0.4, -0.2) is 37.3 Å². The van der Waals surface area contributed by atoms with Gasteiger partial charge in [-0.2, -0.15) is 0 Å². The molecule has 6 nitrogen and oxygen atoms in total. The van der Waals surface area contributed by atoms with E-state index < -0.39 is 21.9 Å². The van der Waals surface area contributed by atoms with Gasteiger partial charge in [-0.25, -0.2) is 13.1 Å². The number of benzene rings is 1. The number of aliphatic hydroxyl groups excluding tert-OH is 1. The normalized spacial score (nSPS) is 16.4. The molecule has 0 radical (unpaired) electrons. The molecule has 36 heavy (non-hydrogen) atoms. The maximum absolute atomic E-state index is 12.6. The van der Waals surface area contributed by atoms with Crippen LogP contribution in [-0.2, 0) is 22.9 Å². The van der Waals surface area contributed by atoms with Crippen LogP contribution in [0.1, 0.15) is 82.0 Å². The van der Waals surface area contributed by atoms with Crippen molar-refractivity contribution < 1.29 is 18.6 Å². The van der Waals surface area contributed by atoms with E-state index in [1.54, 1.807) is 26.8 Å². The minimum atomic E-state index is -3.77. The van der Waals surface area contributed by atoms with Crippen LogP contribution in [0, 0.1) is 5.92 Å². The Morgan fingerprint density at radius 2 is 1.78 bits per heavy atom. The predicted molar refractivity (Wildman–Crippen MR) is 150 cm³/mol. The number of hydrogen-bond acceptors (Lipinski definition) is 6. The molecule has 1 aliphatic rings. The first-order valence-corrected chi connectivity index (χ1v) is 15.7. The maximum atomic E-state index is 12.6.